The number of nitrogens with zero attached hydrogens (tertiary/aromatic N) is 1. The van der Waals surface area contributed by atoms with Crippen LogP contribution in [0.2, 0.25) is 0 Å². The lowest BCUT2D eigenvalue weighted by Crippen LogP contribution is -1.81. The van der Waals surface area contributed by atoms with Crippen molar-refractivity contribution in [3.05, 3.63) is 11.5 Å². The normalized spacial score (nSPS) is 13.0. The van der Waals surface area contributed by atoms with Crippen LogP contribution in [-0.2, 0) is 0 Å². The fourth-order valence-corrected chi connectivity index (χ4v) is 0.176. The highest BCUT2D eigenvalue weighted by Crippen LogP contribution is 1.96. The van der Waals surface area contributed by atoms with Crippen molar-refractivity contribution in [1.82, 2.24) is 0 Å². The largest absolute Gasteiger partial charge is 0.411 e. The summed E-state index contributed by atoms with van der Waals surface area (Å²) in [5.41, 5.74) is 4.97. The molecule has 0 aliphatic carbocycles. The van der Waals surface area contributed by atoms with Crippen LogP contribution in [0, 0.1) is 0 Å². The van der Waals surface area contributed by atoms with Gasteiger partial charge in [-0.15, -0.1) is 9.24 Å². The highest BCUT2D eigenvalue weighted by atomic mass is 31.0. The Morgan fingerprint density at radius 1 is 1.86 bits per heavy atom. The minimum atomic E-state index is 0.655. The van der Waals surface area contributed by atoms with E-state index in [2.05, 4.69) is 14.4 Å². The molecule has 1 unspecified atom stereocenters. The van der Waals surface area contributed by atoms with E-state index in [1.54, 1.807) is 0 Å². The molecule has 0 radical (unpaired) electrons. The summed E-state index contributed by atoms with van der Waals surface area (Å²) in [6.45, 7) is 0. The van der Waals surface area contributed by atoms with Gasteiger partial charge in [0, 0.05) is 11.5 Å². The van der Waals surface area contributed by atoms with Crippen molar-refractivity contribution < 1.29 is 5.21 Å². The number of hydrogen-bond donors (Lipinski definition) is 2. The molecule has 4 heteroatoms. The zero-order chi connectivity index (χ0) is 5.70. The molecule has 0 fully saturated rings. The Labute approximate surface area is 44.1 Å². The maximum atomic E-state index is 7.83. The summed E-state index contributed by atoms with van der Waals surface area (Å²) in [7, 11) is 2.28. The fourth-order valence-electron chi connectivity index (χ4n) is 0.110. The highest BCUT2D eigenvalue weighted by molar-refractivity contribution is 7.24. The van der Waals surface area contributed by atoms with Gasteiger partial charge in [0.2, 0.25) is 0 Å². The Balaban J connectivity index is 3.58. The Morgan fingerprint density at radius 3 is 2.57 bits per heavy atom. The molecule has 3 nitrogen and oxygen atoms in total. The first kappa shape index (κ1) is 6.44. The van der Waals surface area contributed by atoms with Crippen LogP contribution >= 0.6 is 9.24 Å². The average Bonchev–Trinajstić information content (AvgIpc) is 1.68. The van der Waals surface area contributed by atoms with Gasteiger partial charge in [-0.25, -0.2) is 0 Å². The van der Waals surface area contributed by atoms with Crippen molar-refractivity contribution in [3.63, 3.8) is 0 Å². The van der Waals surface area contributed by atoms with E-state index < -0.39 is 0 Å². The standard InChI is InChI=1S/C3H7N2OP/c4-1-3(7)2-5-6/h1-2,6H,4,7H2. The van der Waals surface area contributed by atoms with Gasteiger partial charge in [0.25, 0.3) is 0 Å². The number of oxime groups is 1. The zero-order valence-electron chi connectivity index (χ0n) is 3.70. The third-order valence-electron chi connectivity index (χ3n) is 0.399. The molecule has 0 aliphatic rings. The molecule has 1 atom stereocenters. The van der Waals surface area contributed by atoms with Crippen molar-refractivity contribution in [2.24, 2.45) is 10.9 Å². The Morgan fingerprint density at radius 2 is 2.43 bits per heavy atom. The summed E-state index contributed by atoms with van der Waals surface area (Å²) in [6.07, 6.45) is 2.55. The van der Waals surface area contributed by atoms with Gasteiger partial charge in [0.05, 0.1) is 6.21 Å². The molecule has 7 heavy (non-hydrogen) atoms. The van der Waals surface area contributed by atoms with E-state index in [0.717, 1.165) is 0 Å². The fraction of sp³-hybridized carbons (Fsp3) is 0. The molecule has 0 aromatic rings. The molecular weight excluding hydrogens is 111 g/mol. The van der Waals surface area contributed by atoms with E-state index >= 15 is 0 Å². The summed E-state index contributed by atoms with van der Waals surface area (Å²) < 4.78 is 0. The van der Waals surface area contributed by atoms with E-state index in [4.69, 9.17) is 10.9 Å². The molecular formula is C3H7N2OP. The van der Waals surface area contributed by atoms with Gasteiger partial charge >= 0.3 is 0 Å². The number of rotatable bonds is 1. The second-order valence-corrected chi connectivity index (χ2v) is 1.58. The van der Waals surface area contributed by atoms with Gasteiger partial charge < -0.3 is 10.9 Å². The summed E-state index contributed by atoms with van der Waals surface area (Å²) in [4.78, 5) is 0. The first-order chi connectivity index (χ1) is 3.31. The molecule has 0 aromatic carbocycles. The molecule has 0 saturated heterocycles. The average molecular weight is 118 g/mol. The maximum Gasteiger partial charge on any atom is 0.0747 e. The lowest BCUT2D eigenvalue weighted by Gasteiger charge is -1.79. The Bertz CT molecular complexity index is 99.1. The van der Waals surface area contributed by atoms with Crippen molar-refractivity contribution in [2.75, 3.05) is 0 Å². The molecule has 0 aromatic heterocycles. The highest BCUT2D eigenvalue weighted by Gasteiger charge is 1.73. The summed E-state index contributed by atoms with van der Waals surface area (Å²) in [5, 5.41) is 11.2. The predicted molar refractivity (Wildman–Crippen MR) is 32.3 cm³/mol. The second kappa shape index (κ2) is 3.62. The number of hydrogen-bond acceptors (Lipinski definition) is 3. The first-order valence-corrected chi connectivity index (χ1v) is 2.23. The lowest BCUT2D eigenvalue weighted by atomic mass is 10.7. The molecule has 40 valence electrons. The van der Waals surface area contributed by atoms with Gasteiger partial charge in [-0.1, -0.05) is 5.16 Å². The third kappa shape index (κ3) is 3.27. The molecule has 3 N–H and O–H groups in total. The Hall–Kier alpha value is -0.560. The molecule has 0 spiro atoms. The van der Waals surface area contributed by atoms with Crippen LogP contribution in [0.15, 0.2) is 16.7 Å². The van der Waals surface area contributed by atoms with E-state index in [0.29, 0.717) is 5.31 Å². The predicted octanol–water partition coefficient (Wildman–Crippen LogP) is 0.122. The monoisotopic (exact) mass is 118 g/mol. The van der Waals surface area contributed by atoms with Gasteiger partial charge in [-0.3, -0.25) is 0 Å². The summed E-state index contributed by atoms with van der Waals surface area (Å²) in [6, 6.07) is 0. The van der Waals surface area contributed by atoms with Crippen LogP contribution in [0.4, 0.5) is 0 Å². The van der Waals surface area contributed by atoms with Gasteiger partial charge in [0.1, 0.15) is 0 Å². The molecule has 0 amide bonds. The zero-order valence-corrected chi connectivity index (χ0v) is 4.86. The SMILES string of the molecule is NC=C(P)C=NO. The molecule has 0 bridgehead atoms. The minimum absolute atomic E-state index is 0.655. The quantitative estimate of drug-likeness (QED) is 0.222. The molecule has 0 saturated carbocycles. The van der Waals surface area contributed by atoms with Crippen LogP contribution in [0.5, 0.6) is 0 Å². The molecule has 0 aliphatic heterocycles. The second-order valence-electron chi connectivity index (χ2n) is 0.911. The Kier molecular flexibility index (Phi) is 3.33. The third-order valence-corrected chi connectivity index (χ3v) is 0.741. The summed E-state index contributed by atoms with van der Waals surface area (Å²) >= 11 is 0. The van der Waals surface area contributed by atoms with E-state index in [9.17, 15) is 0 Å². The van der Waals surface area contributed by atoms with Crippen LogP contribution in [0.25, 0.3) is 0 Å². The maximum absolute atomic E-state index is 7.83. The topological polar surface area (TPSA) is 58.6 Å². The van der Waals surface area contributed by atoms with Gasteiger partial charge in [-0.2, -0.15) is 0 Å². The number of allylic oxidation sites excluding steroid dienone is 1. The van der Waals surface area contributed by atoms with Gasteiger partial charge in [0.15, 0.2) is 0 Å². The smallest absolute Gasteiger partial charge is 0.0747 e. The summed E-state index contributed by atoms with van der Waals surface area (Å²) in [5.74, 6) is 0. The van der Waals surface area contributed by atoms with Crippen molar-refractivity contribution >= 4 is 15.5 Å². The van der Waals surface area contributed by atoms with Crippen molar-refractivity contribution in [1.29, 1.82) is 0 Å². The molecule has 0 heterocycles. The van der Waals surface area contributed by atoms with E-state index in [1.807, 2.05) is 0 Å². The molecule has 0 rings (SSSR count). The first-order valence-electron chi connectivity index (χ1n) is 1.66. The number of nitrogens with two attached hydrogens (primary N) is 1. The van der Waals surface area contributed by atoms with E-state index in [-0.39, 0.29) is 0 Å². The minimum Gasteiger partial charge on any atom is -0.411 e. The lowest BCUT2D eigenvalue weighted by molar-refractivity contribution is 0.322. The van der Waals surface area contributed by atoms with Crippen LogP contribution in [0.1, 0.15) is 0 Å². The van der Waals surface area contributed by atoms with E-state index in [1.165, 1.54) is 12.4 Å². The van der Waals surface area contributed by atoms with Crippen molar-refractivity contribution in [3.8, 4) is 0 Å². The van der Waals surface area contributed by atoms with Gasteiger partial charge in [-0.05, 0) is 0 Å². The van der Waals surface area contributed by atoms with Crippen molar-refractivity contribution in [2.45, 2.75) is 0 Å². The van der Waals surface area contributed by atoms with Crippen LogP contribution < -0.4 is 5.73 Å². The van der Waals surface area contributed by atoms with Crippen LogP contribution in [0.3, 0.4) is 0 Å². The van der Waals surface area contributed by atoms with Crippen LogP contribution in [-0.4, -0.2) is 11.4 Å².